The molecule has 0 aromatic heterocycles. The minimum absolute atomic E-state index is 0.965. The number of nitrogens with zero attached hydrogens (tertiary/aromatic N) is 2. The first kappa shape index (κ1) is 7.90. The van der Waals surface area contributed by atoms with Crippen LogP contribution < -0.4 is 0 Å². The van der Waals surface area contributed by atoms with Crippen molar-refractivity contribution in [3.63, 3.8) is 0 Å². The molecule has 2 aliphatic heterocycles. The monoisotopic (exact) mass is 172 g/mol. The van der Waals surface area contributed by atoms with Crippen LogP contribution in [0, 0.1) is 11.8 Å². The Bertz CT molecular complexity index is 137. The van der Waals surface area contributed by atoms with Crippen molar-refractivity contribution in [1.29, 1.82) is 0 Å². The summed E-state index contributed by atoms with van der Waals surface area (Å²) in [5.74, 6) is 1.93. The fourth-order valence-corrected chi connectivity index (χ4v) is 3.01. The average Bonchev–Trinajstić information content (AvgIpc) is 2.43. The molecule has 2 rings (SSSR count). The van der Waals surface area contributed by atoms with Gasteiger partial charge >= 0.3 is 0 Å². The Morgan fingerprint density at radius 2 is 1.64 bits per heavy atom. The summed E-state index contributed by atoms with van der Waals surface area (Å²) >= 11 is 1.91. The topological polar surface area (TPSA) is 6.48 Å². The van der Waals surface area contributed by atoms with Gasteiger partial charge < -0.3 is 4.90 Å². The van der Waals surface area contributed by atoms with Crippen LogP contribution >= 0.6 is 11.9 Å². The highest BCUT2D eigenvalue weighted by molar-refractivity contribution is 7.96. The van der Waals surface area contributed by atoms with Crippen molar-refractivity contribution in [3.05, 3.63) is 0 Å². The first-order chi connectivity index (χ1) is 5.29. The first-order valence-electron chi connectivity index (χ1n) is 4.27. The molecule has 2 heterocycles. The van der Waals surface area contributed by atoms with Gasteiger partial charge in [-0.2, -0.15) is 0 Å². The van der Waals surface area contributed by atoms with Crippen molar-refractivity contribution in [1.82, 2.24) is 9.21 Å². The molecule has 64 valence electrons. The van der Waals surface area contributed by atoms with E-state index in [-0.39, 0.29) is 0 Å². The lowest BCUT2D eigenvalue weighted by Crippen LogP contribution is -2.22. The van der Waals surface area contributed by atoms with Gasteiger partial charge in [0.2, 0.25) is 0 Å². The normalized spacial score (nSPS) is 39.8. The Balaban J connectivity index is 1.93. The molecule has 0 spiro atoms. The summed E-state index contributed by atoms with van der Waals surface area (Å²) in [5, 5.41) is 0. The molecule has 11 heavy (non-hydrogen) atoms. The van der Waals surface area contributed by atoms with E-state index in [4.69, 9.17) is 0 Å². The molecule has 0 N–H and O–H groups in total. The second-order valence-electron chi connectivity index (χ2n) is 3.77. The molecule has 0 unspecified atom stereocenters. The van der Waals surface area contributed by atoms with E-state index in [0.29, 0.717) is 0 Å². The van der Waals surface area contributed by atoms with Crippen LogP contribution in [-0.2, 0) is 0 Å². The summed E-state index contributed by atoms with van der Waals surface area (Å²) in [6.45, 7) is 5.27. The number of fused-ring (bicyclic) bond motifs is 1. The molecule has 2 aliphatic rings. The Hall–Kier alpha value is 0.270. The zero-order valence-electron chi connectivity index (χ0n) is 7.29. The maximum absolute atomic E-state index is 2.50. The van der Waals surface area contributed by atoms with Gasteiger partial charge in [0.25, 0.3) is 0 Å². The van der Waals surface area contributed by atoms with Crippen LogP contribution in [0.25, 0.3) is 0 Å². The molecule has 0 aromatic rings. The van der Waals surface area contributed by atoms with E-state index in [1.165, 1.54) is 26.2 Å². The third-order valence-corrected chi connectivity index (χ3v) is 3.71. The van der Waals surface area contributed by atoms with E-state index in [9.17, 15) is 0 Å². The van der Waals surface area contributed by atoms with Crippen LogP contribution in [0.4, 0.5) is 0 Å². The van der Waals surface area contributed by atoms with E-state index in [1.54, 1.807) is 0 Å². The summed E-state index contributed by atoms with van der Waals surface area (Å²) in [6, 6.07) is 0. The molecule has 0 bridgehead atoms. The summed E-state index contributed by atoms with van der Waals surface area (Å²) in [4.78, 5) is 2.47. The minimum atomic E-state index is 0.965. The van der Waals surface area contributed by atoms with Crippen LogP contribution in [-0.4, -0.2) is 48.7 Å². The zero-order valence-corrected chi connectivity index (χ0v) is 8.10. The third kappa shape index (κ3) is 1.42. The van der Waals surface area contributed by atoms with Crippen LogP contribution in [0.3, 0.4) is 0 Å². The van der Waals surface area contributed by atoms with Gasteiger partial charge in [-0.1, -0.05) is 11.9 Å². The average molecular weight is 172 g/mol. The molecule has 0 aliphatic carbocycles. The highest BCUT2D eigenvalue weighted by atomic mass is 32.2. The van der Waals surface area contributed by atoms with Gasteiger partial charge in [-0.15, -0.1) is 0 Å². The molecule has 0 radical (unpaired) electrons. The molecular weight excluding hydrogens is 156 g/mol. The Morgan fingerprint density at radius 3 is 2.09 bits per heavy atom. The Morgan fingerprint density at radius 1 is 1.09 bits per heavy atom. The van der Waals surface area contributed by atoms with Gasteiger partial charge in [0, 0.05) is 26.2 Å². The van der Waals surface area contributed by atoms with E-state index >= 15 is 0 Å². The maximum Gasteiger partial charge on any atom is 0.0134 e. The predicted octanol–water partition coefficient (Wildman–Crippen LogP) is 0.758. The second-order valence-corrected chi connectivity index (χ2v) is 4.65. The van der Waals surface area contributed by atoms with Crippen molar-refractivity contribution in [3.8, 4) is 0 Å². The highest BCUT2D eigenvalue weighted by Crippen LogP contribution is 2.32. The number of likely N-dealkylation sites (tertiary alicyclic amines) is 1. The van der Waals surface area contributed by atoms with Crippen molar-refractivity contribution in [2.45, 2.75) is 0 Å². The number of hydrogen-bond donors (Lipinski definition) is 0. The van der Waals surface area contributed by atoms with E-state index in [2.05, 4.69) is 22.5 Å². The molecular formula is C8H16N2S. The standard InChI is InChI=1S/C8H16N2S/c1-9-3-7-5-10(11-2)6-8(7)4-9/h7-8H,3-6H2,1-2H3/t7-,8+. The highest BCUT2D eigenvalue weighted by Gasteiger charge is 2.38. The summed E-state index contributed by atoms with van der Waals surface area (Å²) in [6.07, 6.45) is 2.19. The quantitative estimate of drug-likeness (QED) is 0.539. The van der Waals surface area contributed by atoms with Crippen molar-refractivity contribution in [2.24, 2.45) is 11.8 Å². The van der Waals surface area contributed by atoms with Crippen LogP contribution in [0.5, 0.6) is 0 Å². The Kier molecular flexibility index (Phi) is 2.12. The fourth-order valence-electron chi connectivity index (χ4n) is 2.33. The fraction of sp³-hybridized carbons (Fsp3) is 1.00. The van der Waals surface area contributed by atoms with Gasteiger partial charge in [-0.3, -0.25) is 4.31 Å². The molecule has 0 saturated carbocycles. The van der Waals surface area contributed by atoms with Crippen molar-refractivity contribution < 1.29 is 0 Å². The van der Waals surface area contributed by atoms with Crippen molar-refractivity contribution >= 4 is 11.9 Å². The predicted molar refractivity (Wildman–Crippen MR) is 49.6 cm³/mol. The van der Waals surface area contributed by atoms with Crippen LogP contribution in [0.2, 0.25) is 0 Å². The SMILES string of the molecule is CSN1C[C@H]2CN(C)C[C@H]2C1. The smallest absolute Gasteiger partial charge is 0.0134 e. The lowest BCUT2D eigenvalue weighted by atomic mass is 10.0. The molecule has 0 aromatic carbocycles. The van der Waals surface area contributed by atoms with E-state index < -0.39 is 0 Å². The van der Waals surface area contributed by atoms with E-state index in [1.807, 2.05) is 11.9 Å². The molecule has 2 saturated heterocycles. The molecule has 2 fully saturated rings. The Labute approximate surface area is 73.1 Å². The molecule has 2 nitrogen and oxygen atoms in total. The molecule has 0 amide bonds. The summed E-state index contributed by atoms with van der Waals surface area (Å²) in [5.41, 5.74) is 0. The largest absolute Gasteiger partial charge is 0.306 e. The van der Waals surface area contributed by atoms with Gasteiger partial charge in [-0.05, 0) is 25.1 Å². The lowest BCUT2D eigenvalue weighted by Gasteiger charge is -2.15. The number of hydrogen-bond acceptors (Lipinski definition) is 3. The minimum Gasteiger partial charge on any atom is -0.306 e. The van der Waals surface area contributed by atoms with Gasteiger partial charge in [-0.25, -0.2) is 0 Å². The molecule has 2 atom stereocenters. The summed E-state index contributed by atoms with van der Waals surface area (Å²) < 4.78 is 2.50. The van der Waals surface area contributed by atoms with Crippen LogP contribution in [0.15, 0.2) is 0 Å². The van der Waals surface area contributed by atoms with Crippen molar-refractivity contribution in [2.75, 3.05) is 39.5 Å². The van der Waals surface area contributed by atoms with Crippen LogP contribution in [0.1, 0.15) is 0 Å². The van der Waals surface area contributed by atoms with Gasteiger partial charge in [0.1, 0.15) is 0 Å². The number of rotatable bonds is 1. The van der Waals surface area contributed by atoms with Gasteiger partial charge in [0.15, 0.2) is 0 Å². The molecule has 3 heteroatoms. The first-order valence-corrected chi connectivity index (χ1v) is 5.45. The second kappa shape index (κ2) is 2.96. The zero-order chi connectivity index (χ0) is 7.84. The third-order valence-electron chi connectivity index (χ3n) is 2.89. The summed E-state index contributed by atoms with van der Waals surface area (Å²) in [7, 11) is 2.24. The van der Waals surface area contributed by atoms with E-state index in [0.717, 1.165) is 11.8 Å². The lowest BCUT2D eigenvalue weighted by molar-refractivity contribution is 0.360. The maximum atomic E-state index is 2.50. The van der Waals surface area contributed by atoms with Gasteiger partial charge in [0.05, 0.1) is 0 Å².